The Morgan fingerprint density at radius 2 is 1.56 bits per heavy atom. The van der Waals surface area contributed by atoms with Gasteiger partial charge in [0.1, 0.15) is 6.04 Å². The predicted molar refractivity (Wildman–Crippen MR) is 153 cm³/mol. The Morgan fingerprint density at radius 3 is 2.23 bits per heavy atom. The SMILES string of the molecule is O=C(NC1CCCCC1)[C@H](Cc1ccccc1)N(Cc1c(Cl)cccc1Cl)C(=O)Cc1ccccc1[N+](=O)[O-]. The number of nitrogens with zero attached hydrogens (tertiary/aromatic N) is 2. The third-order valence-electron chi connectivity index (χ3n) is 7.14. The maximum atomic E-state index is 14.0. The summed E-state index contributed by atoms with van der Waals surface area (Å²) in [6.07, 6.45) is 5.04. The number of carbonyl (C=O) groups is 2. The van der Waals surface area contributed by atoms with Crippen LogP contribution >= 0.6 is 23.2 Å². The smallest absolute Gasteiger partial charge is 0.273 e. The van der Waals surface area contributed by atoms with Gasteiger partial charge in [-0.25, -0.2) is 0 Å². The Labute approximate surface area is 238 Å². The van der Waals surface area contributed by atoms with E-state index in [1.165, 1.54) is 11.0 Å². The van der Waals surface area contributed by atoms with Gasteiger partial charge in [-0.15, -0.1) is 0 Å². The molecular weight excluding hydrogens is 537 g/mol. The number of para-hydroxylation sites is 1. The monoisotopic (exact) mass is 567 g/mol. The van der Waals surface area contributed by atoms with Crippen LogP contribution in [0, 0.1) is 10.1 Å². The third kappa shape index (κ3) is 7.58. The van der Waals surface area contributed by atoms with Crippen molar-refractivity contribution < 1.29 is 14.5 Å². The first-order valence-electron chi connectivity index (χ1n) is 13.1. The second kappa shape index (κ2) is 13.6. The molecule has 1 atom stereocenters. The molecule has 0 unspecified atom stereocenters. The van der Waals surface area contributed by atoms with Crippen LogP contribution in [0.15, 0.2) is 72.8 Å². The zero-order valence-electron chi connectivity index (χ0n) is 21.5. The summed E-state index contributed by atoms with van der Waals surface area (Å²) in [5, 5.41) is 15.6. The van der Waals surface area contributed by atoms with Crippen LogP contribution in [0.2, 0.25) is 10.0 Å². The van der Waals surface area contributed by atoms with E-state index in [4.69, 9.17) is 23.2 Å². The highest BCUT2D eigenvalue weighted by Crippen LogP contribution is 2.29. The molecule has 1 N–H and O–H groups in total. The first kappa shape index (κ1) is 28.6. The van der Waals surface area contributed by atoms with Crippen LogP contribution in [0.1, 0.15) is 48.8 Å². The fourth-order valence-corrected chi connectivity index (χ4v) is 5.57. The highest BCUT2D eigenvalue weighted by molar-refractivity contribution is 6.36. The molecule has 0 heterocycles. The van der Waals surface area contributed by atoms with Crippen molar-refractivity contribution in [2.24, 2.45) is 0 Å². The molecule has 0 spiro atoms. The first-order valence-corrected chi connectivity index (χ1v) is 13.9. The standard InChI is InChI=1S/C30H31Cl2N3O4/c31-25-15-9-16-26(32)24(25)20-34(29(36)19-22-12-7-8-17-27(22)35(38)39)28(18-21-10-3-1-4-11-21)30(37)33-23-13-5-2-6-14-23/h1,3-4,7-12,15-17,23,28H,2,5-6,13-14,18-20H2,(H,33,37)/t28-/m0/s1. The van der Waals surface area contributed by atoms with E-state index in [2.05, 4.69) is 5.32 Å². The van der Waals surface area contributed by atoms with Crippen LogP contribution in [0.25, 0.3) is 0 Å². The second-order valence-electron chi connectivity index (χ2n) is 9.83. The summed E-state index contributed by atoms with van der Waals surface area (Å²) in [4.78, 5) is 40.5. The average molecular weight is 569 g/mol. The van der Waals surface area contributed by atoms with Gasteiger partial charge in [0.2, 0.25) is 11.8 Å². The summed E-state index contributed by atoms with van der Waals surface area (Å²) in [6.45, 7) is -0.0203. The quantitative estimate of drug-likeness (QED) is 0.222. The Kier molecular flexibility index (Phi) is 9.96. The lowest BCUT2D eigenvalue weighted by molar-refractivity contribution is -0.385. The lowest BCUT2D eigenvalue weighted by Crippen LogP contribution is -2.53. The normalized spacial score (nSPS) is 14.4. The number of nitrogens with one attached hydrogen (secondary N) is 1. The molecule has 3 aromatic carbocycles. The molecule has 204 valence electrons. The van der Waals surface area contributed by atoms with Gasteiger partial charge < -0.3 is 10.2 Å². The molecule has 7 nitrogen and oxygen atoms in total. The number of benzene rings is 3. The summed E-state index contributed by atoms with van der Waals surface area (Å²) in [5.41, 5.74) is 1.53. The maximum Gasteiger partial charge on any atom is 0.273 e. The molecule has 4 rings (SSSR count). The van der Waals surface area contributed by atoms with Gasteiger partial charge in [-0.1, -0.05) is 97.1 Å². The lowest BCUT2D eigenvalue weighted by atomic mass is 9.94. The summed E-state index contributed by atoms with van der Waals surface area (Å²) < 4.78 is 0. The van der Waals surface area contributed by atoms with Crippen molar-refractivity contribution >= 4 is 40.7 Å². The molecular formula is C30H31Cl2N3O4. The largest absolute Gasteiger partial charge is 0.352 e. The summed E-state index contributed by atoms with van der Waals surface area (Å²) >= 11 is 13.0. The molecule has 3 aromatic rings. The minimum Gasteiger partial charge on any atom is -0.352 e. The van der Waals surface area contributed by atoms with Gasteiger partial charge in [0.25, 0.3) is 5.69 Å². The number of nitro groups is 1. The van der Waals surface area contributed by atoms with Crippen LogP contribution in [0.3, 0.4) is 0 Å². The molecule has 1 fully saturated rings. The number of nitro benzene ring substituents is 1. The summed E-state index contributed by atoms with van der Waals surface area (Å²) in [5.74, 6) is -0.690. The average Bonchev–Trinajstić information content (AvgIpc) is 2.93. The van der Waals surface area contributed by atoms with E-state index in [0.717, 1.165) is 37.7 Å². The topological polar surface area (TPSA) is 92.6 Å². The van der Waals surface area contributed by atoms with Crippen molar-refractivity contribution in [3.05, 3.63) is 110 Å². The van der Waals surface area contributed by atoms with Gasteiger partial charge in [-0.05, 0) is 30.5 Å². The summed E-state index contributed by atoms with van der Waals surface area (Å²) in [7, 11) is 0. The zero-order valence-corrected chi connectivity index (χ0v) is 23.0. The highest BCUT2D eigenvalue weighted by Gasteiger charge is 2.33. The molecule has 2 amide bonds. The maximum absolute atomic E-state index is 14.0. The van der Waals surface area contributed by atoms with Crippen LogP contribution in [0.5, 0.6) is 0 Å². The molecule has 0 aromatic heterocycles. The highest BCUT2D eigenvalue weighted by atomic mass is 35.5. The van der Waals surface area contributed by atoms with Gasteiger partial charge >= 0.3 is 0 Å². The number of amides is 2. The molecule has 0 aliphatic heterocycles. The van der Waals surface area contributed by atoms with Crippen molar-refractivity contribution in [3.63, 3.8) is 0 Å². The molecule has 0 saturated heterocycles. The van der Waals surface area contributed by atoms with E-state index in [-0.39, 0.29) is 42.6 Å². The van der Waals surface area contributed by atoms with E-state index < -0.39 is 16.9 Å². The van der Waals surface area contributed by atoms with Crippen LogP contribution in [-0.2, 0) is 29.0 Å². The Hall–Kier alpha value is -3.42. The van der Waals surface area contributed by atoms with Gasteiger partial charge in [0.15, 0.2) is 0 Å². The third-order valence-corrected chi connectivity index (χ3v) is 7.85. The van der Waals surface area contributed by atoms with Crippen molar-refractivity contribution in [1.29, 1.82) is 0 Å². The zero-order chi connectivity index (χ0) is 27.8. The number of hydrogen-bond donors (Lipinski definition) is 1. The molecule has 0 bridgehead atoms. The van der Waals surface area contributed by atoms with E-state index >= 15 is 0 Å². The van der Waals surface area contributed by atoms with E-state index in [9.17, 15) is 19.7 Å². The molecule has 9 heteroatoms. The minimum absolute atomic E-state index is 0.0203. The number of rotatable bonds is 10. The fraction of sp³-hybridized carbons (Fsp3) is 0.333. The van der Waals surface area contributed by atoms with Crippen molar-refractivity contribution in [2.45, 2.75) is 63.6 Å². The summed E-state index contributed by atoms with van der Waals surface area (Å²) in [6, 6.07) is 19.9. The molecule has 0 radical (unpaired) electrons. The predicted octanol–water partition coefficient (Wildman–Crippen LogP) is 6.53. The minimum atomic E-state index is -0.878. The van der Waals surface area contributed by atoms with Crippen LogP contribution < -0.4 is 5.32 Å². The van der Waals surface area contributed by atoms with Crippen LogP contribution in [-0.4, -0.2) is 33.7 Å². The lowest BCUT2D eigenvalue weighted by Gasteiger charge is -2.34. The molecule has 1 aliphatic carbocycles. The molecule has 1 aliphatic rings. The number of halogens is 2. The Morgan fingerprint density at radius 1 is 0.923 bits per heavy atom. The number of hydrogen-bond acceptors (Lipinski definition) is 4. The second-order valence-corrected chi connectivity index (χ2v) is 10.6. The Balaban J connectivity index is 1.73. The first-order chi connectivity index (χ1) is 18.8. The molecule has 39 heavy (non-hydrogen) atoms. The van der Waals surface area contributed by atoms with Crippen molar-refractivity contribution in [1.82, 2.24) is 10.2 Å². The van der Waals surface area contributed by atoms with Gasteiger partial charge in [-0.3, -0.25) is 19.7 Å². The number of carbonyl (C=O) groups excluding carboxylic acids is 2. The van der Waals surface area contributed by atoms with Crippen molar-refractivity contribution in [3.8, 4) is 0 Å². The van der Waals surface area contributed by atoms with E-state index in [1.807, 2.05) is 30.3 Å². The van der Waals surface area contributed by atoms with Crippen LogP contribution in [0.4, 0.5) is 5.69 Å². The van der Waals surface area contributed by atoms with Gasteiger partial charge in [0, 0.05) is 46.2 Å². The van der Waals surface area contributed by atoms with Gasteiger partial charge in [0.05, 0.1) is 11.3 Å². The van der Waals surface area contributed by atoms with Gasteiger partial charge in [-0.2, -0.15) is 0 Å². The molecule has 1 saturated carbocycles. The Bertz CT molecular complexity index is 1290. The fourth-order valence-electron chi connectivity index (χ4n) is 5.05. The van der Waals surface area contributed by atoms with Crippen molar-refractivity contribution in [2.75, 3.05) is 0 Å². The van der Waals surface area contributed by atoms with E-state index in [0.29, 0.717) is 15.6 Å². The van der Waals surface area contributed by atoms with E-state index in [1.54, 1.807) is 36.4 Å².